The third-order valence-corrected chi connectivity index (χ3v) is 5.08. The van der Waals surface area contributed by atoms with Crippen molar-refractivity contribution in [1.29, 1.82) is 0 Å². The van der Waals surface area contributed by atoms with Gasteiger partial charge in [0.15, 0.2) is 5.96 Å². The molecule has 0 saturated carbocycles. The van der Waals surface area contributed by atoms with Crippen molar-refractivity contribution in [3.63, 3.8) is 0 Å². The number of guanidine groups is 1. The first-order valence-corrected chi connectivity index (χ1v) is 8.58. The standard InChI is InChI=1S/C16H25N3O2S.HI/c1-17-16(19-11-14-5-4-8-22-14)18-10-12-6-7-13(20-2)9-15(12)21-3;/h6-7,9,14H,4-5,8,10-11H2,1-3H3,(H2,17,18,19);1H. The summed E-state index contributed by atoms with van der Waals surface area (Å²) in [5.74, 6) is 3.71. The predicted octanol–water partition coefficient (Wildman–Crippen LogP) is 2.88. The predicted molar refractivity (Wildman–Crippen MR) is 109 cm³/mol. The second-order valence-corrected chi connectivity index (χ2v) is 6.53. The second kappa shape index (κ2) is 10.9. The quantitative estimate of drug-likeness (QED) is 0.396. The number of halogens is 1. The molecule has 23 heavy (non-hydrogen) atoms. The molecule has 5 nitrogen and oxygen atoms in total. The largest absolute Gasteiger partial charge is 0.497 e. The minimum atomic E-state index is 0. The summed E-state index contributed by atoms with van der Waals surface area (Å²) in [5, 5.41) is 7.43. The molecule has 1 unspecified atom stereocenters. The van der Waals surface area contributed by atoms with Crippen LogP contribution in [0.15, 0.2) is 23.2 Å². The number of nitrogens with zero attached hydrogens (tertiary/aromatic N) is 1. The van der Waals surface area contributed by atoms with Gasteiger partial charge in [-0.05, 0) is 30.7 Å². The van der Waals surface area contributed by atoms with Crippen molar-refractivity contribution >= 4 is 41.7 Å². The SMILES string of the molecule is CN=C(NCc1ccc(OC)cc1OC)NCC1CCCS1.I. The van der Waals surface area contributed by atoms with Gasteiger partial charge in [0.1, 0.15) is 11.5 Å². The molecule has 1 heterocycles. The van der Waals surface area contributed by atoms with Gasteiger partial charge < -0.3 is 20.1 Å². The van der Waals surface area contributed by atoms with Crippen LogP contribution in [-0.2, 0) is 6.54 Å². The van der Waals surface area contributed by atoms with E-state index in [-0.39, 0.29) is 24.0 Å². The van der Waals surface area contributed by atoms with Crippen LogP contribution in [-0.4, -0.2) is 44.8 Å². The van der Waals surface area contributed by atoms with Crippen LogP contribution in [0.5, 0.6) is 11.5 Å². The molecule has 0 radical (unpaired) electrons. The molecule has 1 atom stereocenters. The molecule has 1 aromatic rings. The molecule has 1 fully saturated rings. The molecule has 2 rings (SSSR count). The summed E-state index contributed by atoms with van der Waals surface area (Å²) in [5.41, 5.74) is 1.07. The van der Waals surface area contributed by atoms with Gasteiger partial charge in [0.05, 0.1) is 14.2 Å². The van der Waals surface area contributed by atoms with Crippen LogP contribution in [0.3, 0.4) is 0 Å². The maximum Gasteiger partial charge on any atom is 0.191 e. The van der Waals surface area contributed by atoms with Gasteiger partial charge in [-0.15, -0.1) is 24.0 Å². The fourth-order valence-electron chi connectivity index (χ4n) is 2.41. The Morgan fingerprint density at radius 2 is 2.13 bits per heavy atom. The molecule has 2 N–H and O–H groups in total. The molecular weight excluding hydrogens is 425 g/mol. The van der Waals surface area contributed by atoms with Crippen molar-refractivity contribution < 1.29 is 9.47 Å². The molecule has 1 saturated heterocycles. The highest BCUT2D eigenvalue weighted by atomic mass is 127. The molecule has 0 aliphatic carbocycles. The Labute approximate surface area is 160 Å². The third kappa shape index (κ3) is 6.29. The van der Waals surface area contributed by atoms with Crippen LogP contribution in [0.2, 0.25) is 0 Å². The Hall–Kier alpha value is -0.830. The van der Waals surface area contributed by atoms with Gasteiger partial charge >= 0.3 is 0 Å². The normalized spacial score (nSPS) is 17.3. The van der Waals surface area contributed by atoms with Crippen molar-refractivity contribution in [2.45, 2.75) is 24.6 Å². The minimum Gasteiger partial charge on any atom is -0.497 e. The lowest BCUT2D eigenvalue weighted by atomic mass is 10.2. The summed E-state index contributed by atoms with van der Waals surface area (Å²) in [4.78, 5) is 4.27. The van der Waals surface area contributed by atoms with Crippen LogP contribution in [0.4, 0.5) is 0 Å². The molecule has 0 aromatic heterocycles. The molecule has 0 amide bonds. The van der Waals surface area contributed by atoms with Gasteiger partial charge in [0, 0.05) is 37.0 Å². The number of benzene rings is 1. The van der Waals surface area contributed by atoms with E-state index in [9.17, 15) is 0 Å². The summed E-state index contributed by atoms with van der Waals surface area (Å²) in [7, 11) is 5.12. The lowest BCUT2D eigenvalue weighted by Gasteiger charge is -2.16. The van der Waals surface area contributed by atoms with Crippen molar-refractivity contribution in [2.75, 3.05) is 33.6 Å². The van der Waals surface area contributed by atoms with Crippen molar-refractivity contribution in [1.82, 2.24) is 10.6 Å². The van der Waals surface area contributed by atoms with Gasteiger partial charge in [0.2, 0.25) is 0 Å². The molecule has 0 bridgehead atoms. The highest BCUT2D eigenvalue weighted by Gasteiger charge is 2.15. The van der Waals surface area contributed by atoms with E-state index in [4.69, 9.17) is 9.47 Å². The van der Waals surface area contributed by atoms with E-state index in [2.05, 4.69) is 15.6 Å². The molecule has 7 heteroatoms. The molecule has 1 aromatic carbocycles. The Morgan fingerprint density at radius 3 is 2.74 bits per heavy atom. The van der Waals surface area contributed by atoms with Crippen LogP contribution in [0.1, 0.15) is 18.4 Å². The number of thioether (sulfide) groups is 1. The molecule has 130 valence electrons. The number of aliphatic imine (C=N–C) groups is 1. The smallest absolute Gasteiger partial charge is 0.191 e. The highest BCUT2D eigenvalue weighted by Crippen LogP contribution is 2.25. The first kappa shape index (κ1) is 20.2. The van der Waals surface area contributed by atoms with Crippen molar-refractivity contribution in [2.24, 2.45) is 4.99 Å². The number of hydrogen-bond acceptors (Lipinski definition) is 4. The van der Waals surface area contributed by atoms with E-state index < -0.39 is 0 Å². The summed E-state index contributed by atoms with van der Waals surface area (Å²) < 4.78 is 10.6. The monoisotopic (exact) mass is 451 g/mol. The fraction of sp³-hybridized carbons (Fsp3) is 0.562. The zero-order chi connectivity index (χ0) is 15.8. The zero-order valence-electron chi connectivity index (χ0n) is 13.9. The van der Waals surface area contributed by atoms with Crippen LogP contribution >= 0.6 is 35.7 Å². The first-order chi connectivity index (χ1) is 10.8. The Morgan fingerprint density at radius 1 is 1.30 bits per heavy atom. The number of nitrogens with one attached hydrogen (secondary N) is 2. The van der Waals surface area contributed by atoms with Gasteiger partial charge in [0.25, 0.3) is 0 Å². The number of ether oxygens (including phenoxy) is 2. The molecule has 1 aliphatic rings. The second-order valence-electron chi connectivity index (χ2n) is 5.12. The summed E-state index contributed by atoms with van der Waals surface area (Å²) in [6.45, 7) is 1.62. The number of methoxy groups -OCH3 is 2. The lowest BCUT2D eigenvalue weighted by Crippen LogP contribution is -2.39. The Balaban J connectivity index is 0.00000264. The topological polar surface area (TPSA) is 54.9 Å². The first-order valence-electron chi connectivity index (χ1n) is 7.54. The van der Waals surface area contributed by atoms with E-state index in [1.807, 2.05) is 30.0 Å². The number of hydrogen-bond donors (Lipinski definition) is 2. The van der Waals surface area contributed by atoms with Crippen LogP contribution in [0, 0.1) is 0 Å². The lowest BCUT2D eigenvalue weighted by molar-refractivity contribution is 0.390. The molecule has 0 spiro atoms. The van der Waals surface area contributed by atoms with Crippen LogP contribution in [0.25, 0.3) is 0 Å². The van der Waals surface area contributed by atoms with Gasteiger partial charge in [-0.1, -0.05) is 0 Å². The highest BCUT2D eigenvalue weighted by molar-refractivity contribution is 14.0. The third-order valence-electron chi connectivity index (χ3n) is 3.69. The van der Waals surface area contributed by atoms with Gasteiger partial charge in [-0.2, -0.15) is 11.8 Å². The van der Waals surface area contributed by atoms with E-state index >= 15 is 0 Å². The van der Waals surface area contributed by atoms with Gasteiger partial charge in [-0.25, -0.2) is 0 Å². The fourth-order valence-corrected chi connectivity index (χ4v) is 3.61. The Bertz CT molecular complexity index is 508. The van der Waals surface area contributed by atoms with Crippen LogP contribution < -0.4 is 20.1 Å². The molecule has 1 aliphatic heterocycles. The Kier molecular flexibility index (Phi) is 9.54. The van der Waals surface area contributed by atoms with E-state index in [0.717, 1.165) is 29.6 Å². The zero-order valence-corrected chi connectivity index (χ0v) is 17.1. The average Bonchev–Trinajstić information content (AvgIpc) is 3.08. The average molecular weight is 451 g/mol. The van der Waals surface area contributed by atoms with Crippen molar-refractivity contribution in [3.05, 3.63) is 23.8 Å². The maximum absolute atomic E-state index is 5.41. The number of rotatable bonds is 6. The summed E-state index contributed by atoms with van der Waals surface area (Å²) in [6.07, 6.45) is 2.62. The molecular formula is C16H26IN3O2S. The van der Waals surface area contributed by atoms with Crippen molar-refractivity contribution in [3.8, 4) is 11.5 Å². The van der Waals surface area contributed by atoms with E-state index in [1.54, 1.807) is 21.3 Å². The minimum absolute atomic E-state index is 0. The van der Waals surface area contributed by atoms with Gasteiger partial charge in [-0.3, -0.25) is 4.99 Å². The summed E-state index contributed by atoms with van der Waals surface area (Å²) >= 11 is 2.04. The summed E-state index contributed by atoms with van der Waals surface area (Å²) in [6, 6.07) is 5.83. The van der Waals surface area contributed by atoms with E-state index in [0.29, 0.717) is 11.8 Å². The van der Waals surface area contributed by atoms with E-state index in [1.165, 1.54) is 18.6 Å². The maximum atomic E-state index is 5.41.